The molecule has 1 N–H and O–H groups in total. The summed E-state index contributed by atoms with van der Waals surface area (Å²) >= 11 is 0. The molecule has 0 aliphatic carbocycles. The molecule has 0 aliphatic rings. The molecule has 2 unspecified atom stereocenters. The number of carbonyl (C=O) groups is 1. The predicted molar refractivity (Wildman–Crippen MR) is 75.2 cm³/mol. The van der Waals surface area contributed by atoms with Crippen molar-refractivity contribution in [3.8, 4) is 0 Å². The van der Waals surface area contributed by atoms with Gasteiger partial charge in [-0.1, -0.05) is 37.3 Å². The van der Waals surface area contributed by atoms with E-state index in [2.05, 4.69) is 17.0 Å². The van der Waals surface area contributed by atoms with Gasteiger partial charge in [0.2, 0.25) is 0 Å². The minimum atomic E-state index is -0.768. The lowest BCUT2D eigenvalue weighted by Gasteiger charge is -2.35. The van der Waals surface area contributed by atoms with E-state index in [1.807, 2.05) is 32.0 Å². The van der Waals surface area contributed by atoms with Crippen LogP contribution < -0.4 is 0 Å². The second-order valence-corrected chi connectivity index (χ2v) is 4.66. The van der Waals surface area contributed by atoms with Crippen LogP contribution in [0, 0.1) is 0 Å². The third-order valence-electron chi connectivity index (χ3n) is 3.31. The van der Waals surface area contributed by atoms with Gasteiger partial charge in [-0.25, -0.2) is 0 Å². The molecule has 1 aromatic rings. The number of ether oxygens (including phenoxy) is 1. The van der Waals surface area contributed by atoms with Gasteiger partial charge < -0.3 is 9.84 Å². The first-order chi connectivity index (χ1) is 9.10. The van der Waals surface area contributed by atoms with Crippen LogP contribution >= 0.6 is 0 Å². The Labute approximate surface area is 115 Å². The maximum absolute atomic E-state index is 10.9. The maximum Gasteiger partial charge on any atom is 0.304 e. The molecule has 0 fully saturated rings. The van der Waals surface area contributed by atoms with Crippen molar-refractivity contribution in [1.29, 1.82) is 0 Å². The largest absolute Gasteiger partial charge is 0.481 e. The Kier molecular flexibility index (Phi) is 6.53. The number of aliphatic carboxylic acids is 1. The highest BCUT2D eigenvalue weighted by atomic mass is 16.5. The molecular weight excluding hydrogens is 242 g/mol. The molecule has 106 valence electrons. The number of hydrogen-bond acceptors (Lipinski definition) is 3. The molecule has 19 heavy (non-hydrogen) atoms. The number of hydrogen-bond donors (Lipinski definition) is 1. The van der Waals surface area contributed by atoms with Crippen LogP contribution in [0.3, 0.4) is 0 Å². The second-order valence-electron chi connectivity index (χ2n) is 4.66. The fourth-order valence-corrected chi connectivity index (χ4v) is 2.43. The number of nitrogens with zero attached hydrogens (tertiary/aromatic N) is 1. The topological polar surface area (TPSA) is 49.8 Å². The molecular formula is C15H23NO3. The molecule has 0 bridgehead atoms. The van der Waals surface area contributed by atoms with Gasteiger partial charge in [0, 0.05) is 13.2 Å². The maximum atomic E-state index is 10.9. The zero-order valence-electron chi connectivity index (χ0n) is 11.9. The zero-order valence-corrected chi connectivity index (χ0v) is 11.9. The highest BCUT2D eigenvalue weighted by Crippen LogP contribution is 2.24. The Balaban J connectivity index is 2.91. The standard InChI is InChI=1S/C15H23NO3/c1-4-16(12(2)10-15(17)18)14(11-19-3)13-8-6-5-7-9-13/h5-9,12,14H,4,10-11H2,1-3H3,(H,17,18). The van der Waals surface area contributed by atoms with Gasteiger partial charge in [0.25, 0.3) is 0 Å². The number of methoxy groups -OCH3 is 1. The van der Waals surface area contributed by atoms with Gasteiger partial charge in [-0.15, -0.1) is 0 Å². The lowest BCUT2D eigenvalue weighted by Crippen LogP contribution is -2.39. The van der Waals surface area contributed by atoms with Crippen molar-refractivity contribution in [2.75, 3.05) is 20.3 Å². The summed E-state index contributed by atoms with van der Waals surface area (Å²) in [6.07, 6.45) is 0.140. The molecule has 0 spiro atoms. The quantitative estimate of drug-likeness (QED) is 0.785. The van der Waals surface area contributed by atoms with E-state index < -0.39 is 5.97 Å². The van der Waals surface area contributed by atoms with Gasteiger partial charge in [0.1, 0.15) is 0 Å². The van der Waals surface area contributed by atoms with Crippen molar-refractivity contribution < 1.29 is 14.6 Å². The van der Waals surface area contributed by atoms with Crippen molar-refractivity contribution in [2.24, 2.45) is 0 Å². The van der Waals surface area contributed by atoms with Crippen molar-refractivity contribution >= 4 is 5.97 Å². The summed E-state index contributed by atoms with van der Waals surface area (Å²) in [5, 5.41) is 8.95. The Morgan fingerprint density at radius 1 is 1.37 bits per heavy atom. The predicted octanol–water partition coefficient (Wildman–Crippen LogP) is 2.56. The second kappa shape index (κ2) is 7.92. The average Bonchev–Trinajstić information content (AvgIpc) is 2.39. The summed E-state index contributed by atoms with van der Waals surface area (Å²) in [5.74, 6) is -0.768. The lowest BCUT2D eigenvalue weighted by molar-refractivity contribution is -0.138. The van der Waals surface area contributed by atoms with Gasteiger partial charge in [0.05, 0.1) is 19.1 Å². The summed E-state index contributed by atoms with van der Waals surface area (Å²) in [7, 11) is 1.67. The summed E-state index contributed by atoms with van der Waals surface area (Å²) in [4.78, 5) is 13.1. The number of carboxylic acids is 1. The zero-order chi connectivity index (χ0) is 14.3. The van der Waals surface area contributed by atoms with Gasteiger partial charge in [-0.3, -0.25) is 9.69 Å². The van der Waals surface area contributed by atoms with Gasteiger partial charge in [-0.05, 0) is 19.0 Å². The molecule has 0 aliphatic heterocycles. The molecule has 0 heterocycles. The fraction of sp³-hybridized carbons (Fsp3) is 0.533. The Morgan fingerprint density at radius 2 is 2.00 bits per heavy atom. The van der Waals surface area contributed by atoms with E-state index in [1.54, 1.807) is 7.11 Å². The van der Waals surface area contributed by atoms with Gasteiger partial charge >= 0.3 is 5.97 Å². The minimum Gasteiger partial charge on any atom is -0.481 e. The summed E-state index contributed by atoms with van der Waals surface area (Å²) in [5.41, 5.74) is 1.16. The van der Waals surface area contributed by atoms with E-state index in [0.717, 1.165) is 12.1 Å². The number of likely N-dealkylation sites (N-methyl/N-ethyl adjacent to an activating group) is 1. The molecule has 0 amide bonds. The Hall–Kier alpha value is -1.39. The molecule has 0 radical (unpaired) electrons. The molecule has 1 rings (SSSR count). The third kappa shape index (κ3) is 4.65. The van der Waals surface area contributed by atoms with Crippen molar-refractivity contribution in [3.63, 3.8) is 0 Å². The van der Waals surface area contributed by atoms with Crippen LogP contribution in [0.2, 0.25) is 0 Å². The van der Waals surface area contributed by atoms with Crippen molar-refractivity contribution in [3.05, 3.63) is 35.9 Å². The number of benzene rings is 1. The van der Waals surface area contributed by atoms with Crippen LogP contribution in [0.5, 0.6) is 0 Å². The van der Waals surface area contributed by atoms with Crippen molar-refractivity contribution in [2.45, 2.75) is 32.4 Å². The van der Waals surface area contributed by atoms with E-state index in [0.29, 0.717) is 6.61 Å². The summed E-state index contributed by atoms with van der Waals surface area (Å²) in [6, 6.07) is 10.1. The fourth-order valence-electron chi connectivity index (χ4n) is 2.43. The minimum absolute atomic E-state index is 0.0251. The van der Waals surface area contributed by atoms with E-state index in [-0.39, 0.29) is 18.5 Å². The van der Waals surface area contributed by atoms with E-state index in [4.69, 9.17) is 9.84 Å². The number of rotatable bonds is 8. The van der Waals surface area contributed by atoms with Crippen LogP contribution in [0.25, 0.3) is 0 Å². The first-order valence-electron chi connectivity index (χ1n) is 6.61. The SMILES string of the molecule is CCN(C(C)CC(=O)O)C(COC)c1ccccc1. The van der Waals surface area contributed by atoms with E-state index >= 15 is 0 Å². The molecule has 0 saturated carbocycles. The van der Waals surface area contributed by atoms with E-state index in [9.17, 15) is 4.79 Å². The van der Waals surface area contributed by atoms with Crippen molar-refractivity contribution in [1.82, 2.24) is 4.90 Å². The monoisotopic (exact) mass is 265 g/mol. The van der Waals surface area contributed by atoms with Crippen LogP contribution in [-0.2, 0) is 9.53 Å². The number of carboxylic acid groups (broad SMARTS) is 1. The Morgan fingerprint density at radius 3 is 2.47 bits per heavy atom. The van der Waals surface area contributed by atoms with Gasteiger partial charge in [-0.2, -0.15) is 0 Å². The molecule has 0 saturated heterocycles. The average molecular weight is 265 g/mol. The van der Waals surface area contributed by atoms with Crippen LogP contribution in [-0.4, -0.2) is 42.3 Å². The first kappa shape index (κ1) is 15.7. The smallest absolute Gasteiger partial charge is 0.304 e. The summed E-state index contributed by atoms with van der Waals surface area (Å²) < 4.78 is 5.31. The highest BCUT2D eigenvalue weighted by molar-refractivity contribution is 5.67. The molecule has 1 aromatic carbocycles. The Bertz CT molecular complexity index is 380. The highest BCUT2D eigenvalue weighted by Gasteiger charge is 2.25. The lowest BCUT2D eigenvalue weighted by atomic mass is 10.0. The van der Waals surface area contributed by atoms with Gasteiger partial charge in [0.15, 0.2) is 0 Å². The first-order valence-corrected chi connectivity index (χ1v) is 6.61. The molecule has 4 heteroatoms. The molecule has 4 nitrogen and oxygen atoms in total. The summed E-state index contributed by atoms with van der Waals surface area (Å²) in [6.45, 7) is 5.34. The normalized spacial score (nSPS) is 14.3. The third-order valence-corrected chi connectivity index (χ3v) is 3.31. The molecule has 2 atom stereocenters. The van der Waals surface area contributed by atoms with E-state index in [1.165, 1.54) is 0 Å². The molecule has 0 aromatic heterocycles. The van der Waals surface area contributed by atoms with Crippen LogP contribution in [0.1, 0.15) is 31.9 Å². The van der Waals surface area contributed by atoms with Crippen LogP contribution in [0.4, 0.5) is 0 Å². The van der Waals surface area contributed by atoms with Crippen LogP contribution in [0.15, 0.2) is 30.3 Å².